The number of hydrogen-bond acceptors (Lipinski definition) is 7. The Morgan fingerprint density at radius 3 is 2.61 bits per heavy atom. The number of imidazole rings is 1. The molecule has 0 amide bonds. The molecule has 2 aromatic rings. The maximum atomic E-state index is 12.1. The normalized spacial score (nSPS) is 12.8. The zero-order valence-corrected chi connectivity index (χ0v) is 9.08. The molecule has 8 nitrogen and oxygen atoms in total. The molecule has 0 radical (unpaired) electrons. The zero-order valence-electron chi connectivity index (χ0n) is 8.26. The van der Waals surface area contributed by atoms with Crippen molar-refractivity contribution in [2.75, 3.05) is 5.73 Å². The van der Waals surface area contributed by atoms with Gasteiger partial charge in [-0.2, -0.15) is 31.6 Å². The first-order chi connectivity index (χ1) is 8.21. The number of hydrogen-bond donors (Lipinski definition) is 2. The van der Waals surface area contributed by atoms with Crippen LogP contribution in [0.1, 0.15) is 0 Å². The number of nitrogens with zero attached hydrogens (tertiary/aromatic N) is 3. The van der Waals surface area contributed by atoms with Crippen molar-refractivity contribution in [3.8, 4) is 6.01 Å². The van der Waals surface area contributed by atoms with E-state index in [2.05, 4.69) is 24.1 Å². The van der Waals surface area contributed by atoms with Gasteiger partial charge in [0.05, 0.1) is 6.33 Å². The summed E-state index contributed by atoms with van der Waals surface area (Å²) in [6.07, 6.45) is 1.16. The largest absolute Gasteiger partial charge is 0.534 e. The molecule has 12 heteroatoms. The van der Waals surface area contributed by atoms with E-state index in [-0.39, 0.29) is 17.0 Å². The minimum Gasteiger partial charge on any atom is -0.382 e. The molecule has 0 aliphatic heterocycles. The Kier molecular flexibility index (Phi) is 2.53. The van der Waals surface area contributed by atoms with Gasteiger partial charge in [0.2, 0.25) is 0 Å². The SMILES string of the molecule is Nc1nc(OS(=O)(=O)C(F)(F)F)nc2nc[nH]c12. The second-order valence-electron chi connectivity index (χ2n) is 2.98. The molecule has 98 valence electrons. The van der Waals surface area contributed by atoms with Crippen molar-refractivity contribution in [2.45, 2.75) is 5.51 Å². The Morgan fingerprint density at radius 1 is 1.33 bits per heavy atom. The highest BCUT2D eigenvalue weighted by molar-refractivity contribution is 7.87. The van der Waals surface area contributed by atoms with Crippen LogP contribution in [0.15, 0.2) is 6.33 Å². The summed E-state index contributed by atoms with van der Waals surface area (Å²) in [5.41, 5.74) is -0.184. The van der Waals surface area contributed by atoms with E-state index in [0.717, 1.165) is 6.33 Å². The number of aromatic nitrogens is 4. The van der Waals surface area contributed by atoms with Crippen LogP contribution in [0.4, 0.5) is 19.0 Å². The fourth-order valence-corrected chi connectivity index (χ4v) is 1.38. The van der Waals surface area contributed by atoms with Crippen LogP contribution in [0.5, 0.6) is 6.01 Å². The number of halogens is 3. The smallest absolute Gasteiger partial charge is 0.382 e. The lowest BCUT2D eigenvalue weighted by Crippen LogP contribution is -2.28. The van der Waals surface area contributed by atoms with Crippen LogP contribution in [0.25, 0.3) is 11.2 Å². The summed E-state index contributed by atoms with van der Waals surface area (Å²) in [5, 5.41) is 0. The molecule has 0 saturated heterocycles. The molecular formula is C6H4F3N5O3S. The number of nitrogens with one attached hydrogen (secondary N) is 1. The summed E-state index contributed by atoms with van der Waals surface area (Å²) in [4.78, 5) is 12.7. The minimum atomic E-state index is -5.84. The van der Waals surface area contributed by atoms with Crippen LogP contribution < -0.4 is 9.92 Å². The third kappa shape index (κ3) is 2.01. The first kappa shape index (κ1) is 12.3. The molecule has 0 spiro atoms. The molecule has 2 heterocycles. The van der Waals surface area contributed by atoms with Crippen molar-refractivity contribution in [3.05, 3.63) is 6.33 Å². The lowest BCUT2D eigenvalue weighted by Gasteiger charge is -2.07. The van der Waals surface area contributed by atoms with Gasteiger partial charge in [-0.1, -0.05) is 0 Å². The maximum Gasteiger partial charge on any atom is 0.534 e. The fraction of sp³-hybridized carbons (Fsp3) is 0.167. The van der Waals surface area contributed by atoms with Crippen molar-refractivity contribution in [1.82, 2.24) is 19.9 Å². The Hall–Kier alpha value is -2.11. The molecule has 0 fully saturated rings. The van der Waals surface area contributed by atoms with Crippen LogP contribution in [-0.2, 0) is 10.1 Å². The van der Waals surface area contributed by atoms with E-state index < -0.39 is 21.6 Å². The molecule has 0 aliphatic carbocycles. The van der Waals surface area contributed by atoms with Gasteiger partial charge in [0.25, 0.3) is 0 Å². The van der Waals surface area contributed by atoms with Crippen molar-refractivity contribution < 1.29 is 25.8 Å². The number of H-pyrrole nitrogens is 1. The van der Waals surface area contributed by atoms with Gasteiger partial charge < -0.3 is 14.9 Å². The number of nitrogen functional groups attached to an aromatic ring is 1. The summed E-state index contributed by atoms with van der Waals surface area (Å²) < 4.78 is 61.3. The van der Waals surface area contributed by atoms with Crippen molar-refractivity contribution in [3.63, 3.8) is 0 Å². The number of rotatable bonds is 2. The highest BCUT2D eigenvalue weighted by Gasteiger charge is 2.49. The standard InChI is InChI=1S/C6H4F3N5O3S/c7-6(8,9)18(15,16)17-5-13-3(10)2-4(14-5)12-1-11-2/h1H,(H3,10,11,12,13,14). The highest BCUT2D eigenvalue weighted by Crippen LogP contribution is 2.26. The second kappa shape index (κ2) is 3.69. The van der Waals surface area contributed by atoms with E-state index in [1.807, 2.05) is 0 Å². The Labute approximate surface area is 97.1 Å². The average Bonchev–Trinajstić information content (AvgIpc) is 2.63. The number of fused-ring (bicyclic) bond motifs is 1. The van der Waals surface area contributed by atoms with Gasteiger partial charge >= 0.3 is 21.6 Å². The van der Waals surface area contributed by atoms with Crippen LogP contribution >= 0.6 is 0 Å². The molecule has 3 N–H and O–H groups in total. The molecule has 0 unspecified atom stereocenters. The third-order valence-corrected chi connectivity index (χ3v) is 2.70. The van der Waals surface area contributed by atoms with Crippen LogP contribution in [-0.4, -0.2) is 33.9 Å². The van der Waals surface area contributed by atoms with Crippen LogP contribution in [0, 0.1) is 0 Å². The van der Waals surface area contributed by atoms with Crippen molar-refractivity contribution >= 4 is 27.1 Å². The van der Waals surface area contributed by atoms with Crippen LogP contribution in [0.2, 0.25) is 0 Å². The molecule has 0 aliphatic rings. The summed E-state index contributed by atoms with van der Waals surface area (Å²) >= 11 is 0. The lowest BCUT2D eigenvalue weighted by molar-refractivity contribution is -0.0502. The Balaban J connectivity index is 2.45. The number of aromatic amines is 1. The van der Waals surface area contributed by atoms with E-state index in [4.69, 9.17) is 5.73 Å². The third-order valence-electron chi connectivity index (χ3n) is 1.76. The monoisotopic (exact) mass is 283 g/mol. The molecule has 0 atom stereocenters. The van der Waals surface area contributed by atoms with E-state index in [9.17, 15) is 21.6 Å². The van der Waals surface area contributed by atoms with Gasteiger partial charge in [-0.25, -0.2) is 4.98 Å². The second-order valence-corrected chi connectivity index (χ2v) is 4.51. The van der Waals surface area contributed by atoms with Gasteiger partial charge in [-0.05, 0) is 0 Å². The van der Waals surface area contributed by atoms with Gasteiger partial charge in [0.1, 0.15) is 5.52 Å². The molecule has 2 aromatic heterocycles. The topological polar surface area (TPSA) is 124 Å². The number of nitrogens with two attached hydrogens (primary N) is 1. The zero-order chi connectivity index (χ0) is 13.6. The molecule has 0 saturated carbocycles. The van der Waals surface area contributed by atoms with Gasteiger partial charge in [0, 0.05) is 0 Å². The van der Waals surface area contributed by atoms with Gasteiger partial charge in [-0.15, -0.1) is 0 Å². The Morgan fingerprint density at radius 2 is 2.00 bits per heavy atom. The Bertz CT molecular complexity index is 694. The number of anilines is 1. The molecular weight excluding hydrogens is 279 g/mol. The predicted molar refractivity (Wildman–Crippen MR) is 51.7 cm³/mol. The summed E-state index contributed by atoms with van der Waals surface area (Å²) in [7, 11) is -5.84. The first-order valence-electron chi connectivity index (χ1n) is 4.18. The van der Waals surface area contributed by atoms with E-state index in [0.29, 0.717) is 0 Å². The van der Waals surface area contributed by atoms with Gasteiger partial charge in [0.15, 0.2) is 11.5 Å². The maximum absolute atomic E-state index is 12.1. The molecule has 0 aromatic carbocycles. The lowest BCUT2D eigenvalue weighted by atomic mass is 10.5. The average molecular weight is 283 g/mol. The summed E-state index contributed by atoms with van der Waals surface area (Å²) in [6, 6.07) is -1.05. The number of alkyl halides is 3. The van der Waals surface area contributed by atoms with E-state index >= 15 is 0 Å². The van der Waals surface area contributed by atoms with Crippen LogP contribution in [0.3, 0.4) is 0 Å². The highest BCUT2D eigenvalue weighted by atomic mass is 32.2. The van der Waals surface area contributed by atoms with Crippen molar-refractivity contribution in [1.29, 1.82) is 0 Å². The van der Waals surface area contributed by atoms with E-state index in [1.165, 1.54) is 0 Å². The summed E-state index contributed by atoms with van der Waals surface area (Å²) in [5.74, 6) is -0.287. The molecule has 2 rings (SSSR count). The quantitative estimate of drug-likeness (QED) is 0.594. The van der Waals surface area contributed by atoms with Gasteiger partial charge in [-0.3, -0.25) is 0 Å². The van der Waals surface area contributed by atoms with E-state index in [1.54, 1.807) is 0 Å². The molecule has 18 heavy (non-hydrogen) atoms. The molecule has 0 bridgehead atoms. The summed E-state index contributed by atoms with van der Waals surface area (Å²) in [6.45, 7) is 0. The minimum absolute atomic E-state index is 0.116. The fourth-order valence-electron chi connectivity index (χ4n) is 1.02. The predicted octanol–water partition coefficient (Wildman–Crippen LogP) is 0.164. The van der Waals surface area contributed by atoms with Crippen molar-refractivity contribution in [2.24, 2.45) is 0 Å². The first-order valence-corrected chi connectivity index (χ1v) is 5.59.